The van der Waals surface area contributed by atoms with Crippen LogP contribution in [-0.2, 0) is 16.0 Å². The van der Waals surface area contributed by atoms with E-state index in [0.29, 0.717) is 43.9 Å². The number of amides is 4. The molecule has 1 aromatic rings. The minimum Gasteiger partial charge on any atom is -0.497 e. The van der Waals surface area contributed by atoms with Gasteiger partial charge in [0.2, 0.25) is 5.91 Å². The number of hydrogen-bond acceptors (Lipinski definition) is 5. The SMILES string of the molecule is C=C(C)CN1C(=O)NC(CC)(C2CCN(C(=O)Cc3cc(OC)ccc3OC)CC2)C1=O. The zero-order valence-corrected chi connectivity index (χ0v) is 19.4. The minimum absolute atomic E-state index is 0.00578. The number of carbonyl (C=O) groups is 3. The molecule has 1 N–H and O–H groups in total. The van der Waals surface area contributed by atoms with E-state index in [2.05, 4.69) is 11.9 Å². The van der Waals surface area contributed by atoms with Gasteiger partial charge in [-0.15, -0.1) is 0 Å². The molecule has 2 heterocycles. The van der Waals surface area contributed by atoms with E-state index < -0.39 is 5.54 Å². The molecule has 1 atom stereocenters. The zero-order chi connectivity index (χ0) is 23.5. The van der Waals surface area contributed by atoms with Gasteiger partial charge in [0.05, 0.1) is 27.2 Å². The molecule has 0 radical (unpaired) electrons. The molecule has 1 unspecified atom stereocenters. The van der Waals surface area contributed by atoms with Gasteiger partial charge in [0.15, 0.2) is 0 Å². The number of rotatable bonds is 8. The van der Waals surface area contributed by atoms with E-state index >= 15 is 0 Å². The fourth-order valence-corrected chi connectivity index (χ4v) is 4.78. The van der Waals surface area contributed by atoms with E-state index in [1.807, 2.05) is 17.9 Å². The van der Waals surface area contributed by atoms with Crippen molar-refractivity contribution in [3.63, 3.8) is 0 Å². The maximum Gasteiger partial charge on any atom is 0.325 e. The standard InChI is InChI=1S/C24H33N3O5/c1-6-24(22(29)27(15-16(2)3)23(30)25-24)18-9-11-26(12-10-18)21(28)14-17-13-19(31-4)7-8-20(17)32-5/h7-8,13,18H,2,6,9-12,14-15H2,1,3-5H3,(H,25,30). The maximum atomic E-state index is 13.2. The molecule has 0 spiro atoms. The summed E-state index contributed by atoms with van der Waals surface area (Å²) in [5.74, 6) is 1.13. The zero-order valence-electron chi connectivity index (χ0n) is 19.4. The number of nitrogens with one attached hydrogen (secondary N) is 1. The molecular formula is C24H33N3O5. The second-order valence-electron chi connectivity index (χ2n) is 8.61. The van der Waals surface area contributed by atoms with Gasteiger partial charge < -0.3 is 19.7 Å². The van der Waals surface area contributed by atoms with Gasteiger partial charge in [-0.3, -0.25) is 14.5 Å². The molecule has 0 aliphatic carbocycles. The molecule has 4 amide bonds. The number of piperidine rings is 1. The molecule has 0 aromatic heterocycles. The average molecular weight is 444 g/mol. The monoisotopic (exact) mass is 443 g/mol. The number of methoxy groups -OCH3 is 2. The van der Waals surface area contributed by atoms with Crippen molar-refractivity contribution in [1.82, 2.24) is 15.1 Å². The highest BCUT2D eigenvalue weighted by atomic mass is 16.5. The van der Waals surface area contributed by atoms with Gasteiger partial charge >= 0.3 is 6.03 Å². The highest BCUT2D eigenvalue weighted by molar-refractivity contribution is 6.07. The van der Waals surface area contributed by atoms with Gasteiger partial charge in [-0.1, -0.05) is 19.1 Å². The number of ether oxygens (including phenoxy) is 2. The lowest BCUT2D eigenvalue weighted by Gasteiger charge is -2.40. The average Bonchev–Trinajstić information content (AvgIpc) is 3.03. The summed E-state index contributed by atoms with van der Waals surface area (Å²) in [6.07, 6.45) is 2.04. The number of likely N-dealkylation sites (tertiary alicyclic amines) is 1. The first-order valence-corrected chi connectivity index (χ1v) is 11.0. The second-order valence-corrected chi connectivity index (χ2v) is 8.61. The predicted molar refractivity (Wildman–Crippen MR) is 121 cm³/mol. The van der Waals surface area contributed by atoms with Crippen molar-refractivity contribution in [3.05, 3.63) is 35.9 Å². The predicted octanol–water partition coefficient (Wildman–Crippen LogP) is 2.76. The van der Waals surface area contributed by atoms with E-state index in [-0.39, 0.29) is 36.7 Å². The Morgan fingerprint density at radius 1 is 1.22 bits per heavy atom. The molecule has 2 fully saturated rings. The summed E-state index contributed by atoms with van der Waals surface area (Å²) >= 11 is 0. The summed E-state index contributed by atoms with van der Waals surface area (Å²) in [6.45, 7) is 8.86. The lowest BCUT2D eigenvalue weighted by Crippen LogP contribution is -2.56. The number of urea groups is 1. The molecule has 2 aliphatic rings. The van der Waals surface area contributed by atoms with Gasteiger partial charge in [0.1, 0.15) is 17.0 Å². The van der Waals surface area contributed by atoms with Crippen LogP contribution >= 0.6 is 0 Å². The van der Waals surface area contributed by atoms with Gasteiger partial charge in [0, 0.05) is 18.7 Å². The number of benzene rings is 1. The molecule has 8 nitrogen and oxygen atoms in total. The lowest BCUT2D eigenvalue weighted by molar-refractivity contribution is -0.135. The molecule has 2 saturated heterocycles. The van der Waals surface area contributed by atoms with Crippen LogP contribution in [0.2, 0.25) is 0 Å². The van der Waals surface area contributed by atoms with Crippen molar-refractivity contribution in [3.8, 4) is 11.5 Å². The van der Waals surface area contributed by atoms with Gasteiger partial charge in [-0.2, -0.15) is 0 Å². The van der Waals surface area contributed by atoms with E-state index in [0.717, 1.165) is 11.1 Å². The number of nitrogens with zero attached hydrogens (tertiary/aromatic N) is 2. The van der Waals surface area contributed by atoms with E-state index in [1.165, 1.54) is 4.90 Å². The molecule has 32 heavy (non-hydrogen) atoms. The van der Waals surface area contributed by atoms with Crippen molar-refractivity contribution in [2.24, 2.45) is 5.92 Å². The Bertz CT molecular complexity index is 907. The molecule has 3 rings (SSSR count). The Balaban J connectivity index is 1.67. The molecule has 2 aliphatic heterocycles. The smallest absolute Gasteiger partial charge is 0.325 e. The Hall–Kier alpha value is -3.03. The second kappa shape index (κ2) is 9.63. The van der Waals surface area contributed by atoms with Crippen molar-refractivity contribution in [1.29, 1.82) is 0 Å². The number of carbonyl (C=O) groups excluding carboxylic acids is 3. The van der Waals surface area contributed by atoms with E-state index in [9.17, 15) is 14.4 Å². The van der Waals surface area contributed by atoms with Crippen LogP contribution in [0.1, 0.15) is 38.7 Å². The van der Waals surface area contributed by atoms with Crippen LogP contribution in [0.5, 0.6) is 11.5 Å². The van der Waals surface area contributed by atoms with Crippen LogP contribution in [0.4, 0.5) is 4.79 Å². The minimum atomic E-state index is -0.905. The van der Waals surface area contributed by atoms with Crippen LogP contribution < -0.4 is 14.8 Å². The third-order valence-corrected chi connectivity index (χ3v) is 6.56. The quantitative estimate of drug-likeness (QED) is 0.493. The Labute approximate surface area is 189 Å². The first-order chi connectivity index (χ1) is 15.2. The van der Waals surface area contributed by atoms with Crippen LogP contribution in [0.15, 0.2) is 30.4 Å². The molecule has 1 aromatic carbocycles. The molecule has 8 heteroatoms. The third-order valence-electron chi connectivity index (χ3n) is 6.56. The van der Waals surface area contributed by atoms with Crippen molar-refractivity contribution < 1.29 is 23.9 Å². The van der Waals surface area contributed by atoms with E-state index in [1.54, 1.807) is 33.3 Å². The van der Waals surface area contributed by atoms with Crippen LogP contribution in [0, 0.1) is 5.92 Å². The first-order valence-electron chi connectivity index (χ1n) is 11.0. The molecular weight excluding hydrogens is 410 g/mol. The van der Waals surface area contributed by atoms with Crippen LogP contribution in [0.3, 0.4) is 0 Å². The highest BCUT2D eigenvalue weighted by Crippen LogP contribution is 2.36. The Morgan fingerprint density at radius 2 is 1.91 bits per heavy atom. The van der Waals surface area contributed by atoms with Crippen LogP contribution in [-0.4, -0.2) is 67.0 Å². The fraction of sp³-hybridized carbons (Fsp3) is 0.542. The summed E-state index contributed by atoms with van der Waals surface area (Å²) < 4.78 is 10.7. The summed E-state index contributed by atoms with van der Waals surface area (Å²) in [7, 11) is 3.16. The van der Waals surface area contributed by atoms with Crippen molar-refractivity contribution in [2.45, 2.75) is 45.1 Å². The summed E-state index contributed by atoms with van der Waals surface area (Å²) in [5.41, 5.74) is 0.629. The normalized spacial score (nSPS) is 21.5. The Kier molecular flexibility index (Phi) is 7.11. The summed E-state index contributed by atoms with van der Waals surface area (Å²) in [4.78, 5) is 41.7. The number of imide groups is 1. The summed E-state index contributed by atoms with van der Waals surface area (Å²) in [5, 5.41) is 2.97. The topological polar surface area (TPSA) is 88.2 Å². The highest BCUT2D eigenvalue weighted by Gasteiger charge is 2.54. The van der Waals surface area contributed by atoms with Crippen molar-refractivity contribution in [2.75, 3.05) is 33.9 Å². The Morgan fingerprint density at radius 3 is 2.47 bits per heavy atom. The van der Waals surface area contributed by atoms with Gasteiger partial charge in [-0.05, 0) is 50.3 Å². The third kappa shape index (κ3) is 4.45. The largest absolute Gasteiger partial charge is 0.497 e. The first kappa shape index (κ1) is 23.6. The molecule has 0 saturated carbocycles. The maximum absolute atomic E-state index is 13.2. The molecule has 174 valence electrons. The van der Waals surface area contributed by atoms with Gasteiger partial charge in [0.25, 0.3) is 5.91 Å². The molecule has 0 bridgehead atoms. The van der Waals surface area contributed by atoms with Gasteiger partial charge in [-0.25, -0.2) is 4.79 Å². The lowest BCUT2D eigenvalue weighted by atomic mass is 9.75. The van der Waals surface area contributed by atoms with E-state index in [4.69, 9.17) is 9.47 Å². The summed E-state index contributed by atoms with van der Waals surface area (Å²) in [6, 6.07) is 5.05. The van der Waals surface area contributed by atoms with Crippen molar-refractivity contribution >= 4 is 17.8 Å². The van der Waals surface area contributed by atoms with Crippen LogP contribution in [0.25, 0.3) is 0 Å². The number of hydrogen-bond donors (Lipinski definition) is 1. The fourth-order valence-electron chi connectivity index (χ4n) is 4.78.